The first-order valence-corrected chi connectivity index (χ1v) is 8.06. The van der Waals surface area contributed by atoms with Gasteiger partial charge in [0.25, 0.3) is 0 Å². The molecule has 0 nitrogen and oxygen atoms in total. The molecule has 0 N–H and O–H groups in total. The second-order valence-electron chi connectivity index (χ2n) is 3.56. The number of hydrogen-bond acceptors (Lipinski definition) is 0. The molecule has 2 aliphatic carbocycles. The summed E-state index contributed by atoms with van der Waals surface area (Å²) >= 11 is 0. The minimum Gasteiger partial charge on any atom is -0.0750 e. The Morgan fingerprint density at radius 3 is 1.71 bits per heavy atom. The summed E-state index contributed by atoms with van der Waals surface area (Å²) in [6.45, 7) is 6.65. The van der Waals surface area contributed by atoms with Crippen LogP contribution in [0.2, 0.25) is 13.1 Å². The van der Waals surface area contributed by atoms with Crippen LogP contribution < -0.4 is 0 Å². The van der Waals surface area contributed by atoms with Crippen molar-refractivity contribution in [2.75, 3.05) is 0 Å². The van der Waals surface area contributed by atoms with Crippen LogP contribution in [-0.4, -0.2) is 9.52 Å². The molecular formula is C13H18Si. The van der Waals surface area contributed by atoms with Crippen molar-refractivity contribution in [1.82, 2.24) is 0 Å². The summed E-state index contributed by atoms with van der Waals surface area (Å²) in [5.74, 6) is 0. The van der Waals surface area contributed by atoms with Gasteiger partial charge in [-0.3, -0.25) is 0 Å². The van der Waals surface area contributed by atoms with Crippen LogP contribution in [0, 0.1) is 6.92 Å². The predicted molar refractivity (Wildman–Crippen MR) is 68.1 cm³/mol. The van der Waals surface area contributed by atoms with Crippen molar-refractivity contribution < 1.29 is 0 Å². The van der Waals surface area contributed by atoms with Crippen molar-refractivity contribution in [2.24, 2.45) is 0 Å². The highest BCUT2D eigenvalue weighted by Gasteiger charge is 1.99. The molecule has 0 spiro atoms. The van der Waals surface area contributed by atoms with Crippen molar-refractivity contribution in [3.63, 3.8) is 0 Å². The van der Waals surface area contributed by atoms with E-state index < -0.39 is 0 Å². The SMILES string of the molecule is C[SiH2]C.Cc1cc2cccccc-2c1. The Morgan fingerprint density at radius 2 is 1.29 bits per heavy atom. The third-order valence-electron chi connectivity index (χ3n) is 1.87. The molecule has 2 aliphatic rings. The lowest BCUT2D eigenvalue weighted by molar-refractivity contribution is 1.55. The summed E-state index contributed by atoms with van der Waals surface area (Å²) in [7, 11) is 0.417. The smallest absolute Gasteiger partial charge is 0.0135 e. The fourth-order valence-corrected chi connectivity index (χ4v) is 1.37. The largest absolute Gasteiger partial charge is 0.0750 e. The van der Waals surface area contributed by atoms with Gasteiger partial charge < -0.3 is 0 Å². The Morgan fingerprint density at radius 1 is 0.857 bits per heavy atom. The Bertz CT molecular complexity index is 324. The van der Waals surface area contributed by atoms with E-state index in [0.717, 1.165) is 0 Å². The fourth-order valence-electron chi connectivity index (χ4n) is 1.37. The first-order chi connectivity index (χ1) is 6.77. The van der Waals surface area contributed by atoms with Gasteiger partial charge in [0, 0.05) is 9.52 Å². The van der Waals surface area contributed by atoms with Gasteiger partial charge in [-0.05, 0) is 23.6 Å². The van der Waals surface area contributed by atoms with Crippen LogP contribution in [0.25, 0.3) is 11.1 Å². The van der Waals surface area contributed by atoms with Crippen molar-refractivity contribution in [3.05, 3.63) is 48.0 Å². The third-order valence-corrected chi connectivity index (χ3v) is 1.87. The summed E-state index contributed by atoms with van der Waals surface area (Å²) in [5.41, 5.74) is 3.99. The molecule has 1 heteroatoms. The highest BCUT2D eigenvalue weighted by atomic mass is 28.2. The standard InChI is InChI=1S/C11H10.C2H8Si/c1-9-7-10-5-3-2-4-6-11(10)8-9;1-3-2/h2-8H,1H3;3H2,1-2H3. The minimum atomic E-state index is 0.417. The van der Waals surface area contributed by atoms with Gasteiger partial charge in [0.2, 0.25) is 0 Å². The summed E-state index contributed by atoms with van der Waals surface area (Å²) in [6.07, 6.45) is 0. The maximum atomic E-state index is 2.26. The molecule has 0 heterocycles. The van der Waals surface area contributed by atoms with Crippen LogP contribution in [0.5, 0.6) is 0 Å². The van der Waals surface area contributed by atoms with Crippen LogP contribution in [0.3, 0.4) is 0 Å². The number of aryl methyl sites for hydroxylation is 1. The molecule has 0 unspecified atom stereocenters. The van der Waals surface area contributed by atoms with Crippen LogP contribution >= 0.6 is 0 Å². The zero-order valence-corrected chi connectivity index (χ0v) is 10.7. The molecule has 0 fully saturated rings. The minimum absolute atomic E-state index is 0.417. The van der Waals surface area contributed by atoms with E-state index in [-0.39, 0.29) is 0 Å². The quantitative estimate of drug-likeness (QED) is 0.575. The van der Waals surface area contributed by atoms with Gasteiger partial charge in [-0.1, -0.05) is 55.6 Å². The van der Waals surface area contributed by atoms with Crippen LogP contribution in [0.15, 0.2) is 42.5 Å². The average molecular weight is 202 g/mol. The average Bonchev–Trinajstić information content (AvgIpc) is 2.34. The molecule has 0 aromatic rings. The van der Waals surface area contributed by atoms with Crippen molar-refractivity contribution >= 4 is 9.52 Å². The van der Waals surface area contributed by atoms with E-state index >= 15 is 0 Å². The van der Waals surface area contributed by atoms with Crippen LogP contribution in [0.4, 0.5) is 0 Å². The Balaban J connectivity index is 0.000000293. The van der Waals surface area contributed by atoms with Crippen LogP contribution in [-0.2, 0) is 0 Å². The maximum absolute atomic E-state index is 2.26. The number of rotatable bonds is 0. The van der Waals surface area contributed by atoms with E-state index in [0.29, 0.717) is 9.52 Å². The van der Waals surface area contributed by atoms with E-state index in [1.165, 1.54) is 16.7 Å². The molecule has 0 atom stereocenters. The summed E-state index contributed by atoms with van der Waals surface area (Å²) < 4.78 is 0. The lowest BCUT2D eigenvalue weighted by atomic mass is 10.2. The molecule has 0 saturated heterocycles. The predicted octanol–water partition coefficient (Wildman–Crippen LogP) is 3.35. The number of hydrogen-bond donors (Lipinski definition) is 0. The molecule has 0 radical (unpaired) electrons. The molecule has 0 amide bonds. The first-order valence-electron chi connectivity index (χ1n) is 5.23. The Kier molecular flexibility index (Phi) is 4.40. The summed E-state index contributed by atoms with van der Waals surface area (Å²) in [5, 5.41) is 0. The van der Waals surface area contributed by atoms with Gasteiger partial charge in [-0.2, -0.15) is 0 Å². The van der Waals surface area contributed by atoms with E-state index in [9.17, 15) is 0 Å². The van der Waals surface area contributed by atoms with Gasteiger partial charge in [0.15, 0.2) is 0 Å². The molecule has 14 heavy (non-hydrogen) atoms. The molecule has 2 rings (SSSR count). The lowest BCUT2D eigenvalue weighted by Crippen LogP contribution is -1.59. The van der Waals surface area contributed by atoms with E-state index in [2.05, 4.69) is 62.5 Å². The van der Waals surface area contributed by atoms with Crippen molar-refractivity contribution in [3.8, 4) is 11.1 Å². The van der Waals surface area contributed by atoms with E-state index in [1.54, 1.807) is 0 Å². The zero-order valence-electron chi connectivity index (χ0n) is 9.25. The Hall–Kier alpha value is -1.08. The monoisotopic (exact) mass is 202 g/mol. The second kappa shape index (κ2) is 5.61. The zero-order chi connectivity index (χ0) is 10.4. The van der Waals surface area contributed by atoms with Gasteiger partial charge in [0.1, 0.15) is 0 Å². The third kappa shape index (κ3) is 3.00. The molecule has 0 bridgehead atoms. The van der Waals surface area contributed by atoms with E-state index in [4.69, 9.17) is 0 Å². The Labute approximate surface area is 89.1 Å². The van der Waals surface area contributed by atoms with Gasteiger partial charge in [-0.15, -0.1) is 0 Å². The van der Waals surface area contributed by atoms with Crippen LogP contribution in [0.1, 0.15) is 5.56 Å². The molecule has 0 aromatic carbocycles. The second-order valence-corrected chi connectivity index (χ2v) is 4.98. The molecule has 74 valence electrons. The van der Waals surface area contributed by atoms with Crippen molar-refractivity contribution in [1.29, 1.82) is 0 Å². The van der Waals surface area contributed by atoms with Gasteiger partial charge in [0.05, 0.1) is 0 Å². The molecule has 0 aromatic heterocycles. The fraction of sp³-hybridized carbons (Fsp3) is 0.231. The summed E-state index contributed by atoms with van der Waals surface area (Å²) in [4.78, 5) is 0. The normalized spacial score (nSPS) is 9.36. The van der Waals surface area contributed by atoms with Gasteiger partial charge in [-0.25, -0.2) is 0 Å². The number of fused-ring (bicyclic) bond motifs is 1. The lowest BCUT2D eigenvalue weighted by Gasteiger charge is -1.85. The highest BCUT2D eigenvalue weighted by Crippen LogP contribution is 2.23. The topological polar surface area (TPSA) is 0 Å². The molecule has 0 saturated carbocycles. The molecule has 0 aliphatic heterocycles. The van der Waals surface area contributed by atoms with Gasteiger partial charge >= 0.3 is 0 Å². The maximum Gasteiger partial charge on any atom is 0.0135 e. The summed E-state index contributed by atoms with van der Waals surface area (Å²) in [6, 6.07) is 14.9. The first kappa shape index (κ1) is 11.0. The molecular weight excluding hydrogens is 184 g/mol. The van der Waals surface area contributed by atoms with Crippen molar-refractivity contribution in [2.45, 2.75) is 20.0 Å². The highest BCUT2D eigenvalue weighted by molar-refractivity contribution is 6.31. The van der Waals surface area contributed by atoms with E-state index in [1.807, 2.05) is 0 Å².